The van der Waals surface area contributed by atoms with Crippen molar-refractivity contribution < 1.29 is 14.2 Å². The van der Waals surface area contributed by atoms with E-state index in [1.54, 1.807) is 21.3 Å². The van der Waals surface area contributed by atoms with Crippen molar-refractivity contribution in [1.29, 1.82) is 0 Å². The molecular formula is C14H22N2O3. The van der Waals surface area contributed by atoms with E-state index in [0.29, 0.717) is 17.5 Å². The number of ether oxygens (including phenoxy) is 3. The molecule has 0 saturated carbocycles. The van der Waals surface area contributed by atoms with Crippen LogP contribution in [0.15, 0.2) is 12.1 Å². The first-order valence-corrected chi connectivity index (χ1v) is 6.52. The average molecular weight is 266 g/mol. The normalized spacial score (nSPS) is 19.0. The van der Waals surface area contributed by atoms with Gasteiger partial charge in [0.2, 0.25) is 5.75 Å². The maximum absolute atomic E-state index is 5.50. The second kappa shape index (κ2) is 6.63. The minimum atomic E-state index is 0.417. The number of hydrogen-bond donors (Lipinski definition) is 2. The Morgan fingerprint density at radius 3 is 2.42 bits per heavy atom. The van der Waals surface area contributed by atoms with Crippen LogP contribution in [-0.4, -0.2) is 47.0 Å². The highest BCUT2D eigenvalue weighted by Gasteiger charge is 2.19. The molecule has 1 unspecified atom stereocenters. The molecular weight excluding hydrogens is 244 g/mol. The van der Waals surface area contributed by atoms with Gasteiger partial charge in [0.25, 0.3) is 0 Å². The van der Waals surface area contributed by atoms with Crippen molar-refractivity contribution in [2.45, 2.75) is 12.5 Å². The van der Waals surface area contributed by atoms with Gasteiger partial charge in [0.15, 0.2) is 11.5 Å². The fourth-order valence-corrected chi connectivity index (χ4v) is 2.45. The average Bonchev–Trinajstić information content (AvgIpc) is 2.47. The summed E-state index contributed by atoms with van der Waals surface area (Å²) >= 11 is 0. The van der Waals surface area contributed by atoms with Gasteiger partial charge in [-0.2, -0.15) is 0 Å². The molecule has 1 fully saturated rings. The van der Waals surface area contributed by atoms with Gasteiger partial charge in [0.05, 0.1) is 21.3 Å². The van der Waals surface area contributed by atoms with Crippen LogP contribution in [-0.2, 0) is 6.42 Å². The van der Waals surface area contributed by atoms with E-state index < -0.39 is 0 Å². The van der Waals surface area contributed by atoms with Crippen molar-refractivity contribution in [2.75, 3.05) is 41.0 Å². The Kier molecular flexibility index (Phi) is 4.87. The summed E-state index contributed by atoms with van der Waals surface area (Å²) < 4.78 is 16.2. The molecule has 1 saturated heterocycles. The molecule has 0 aliphatic carbocycles. The maximum Gasteiger partial charge on any atom is 0.203 e. The predicted octanol–water partition coefficient (Wildman–Crippen LogP) is 0.816. The maximum atomic E-state index is 5.50. The predicted molar refractivity (Wildman–Crippen MR) is 74.5 cm³/mol. The number of nitrogens with one attached hydrogen (secondary N) is 2. The van der Waals surface area contributed by atoms with Gasteiger partial charge < -0.3 is 24.8 Å². The van der Waals surface area contributed by atoms with Gasteiger partial charge in [-0.1, -0.05) is 6.07 Å². The second-order valence-electron chi connectivity index (χ2n) is 4.55. The Bertz CT molecular complexity index is 417. The van der Waals surface area contributed by atoms with Gasteiger partial charge in [0.1, 0.15) is 0 Å². The van der Waals surface area contributed by atoms with Gasteiger partial charge in [-0.25, -0.2) is 0 Å². The van der Waals surface area contributed by atoms with Crippen LogP contribution < -0.4 is 24.8 Å². The first-order valence-electron chi connectivity index (χ1n) is 6.52. The fraction of sp³-hybridized carbons (Fsp3) is 0.571. The summed E-state index contributed by atoms with van der Waals surface area (Å²) in [5, 5.41) is 6.88. The van der Waals surface area contributed by atoms with Crippen LogP contribution >= 0.6 is 0 Å². The molecule has 5 heteroatoms. The van der Waals surface area contributed by atoms with E-state index in [4.69, 9.17) is 14.2 Å². The van der Waals surface area contributed by atoms with Crippen molar-refractivity contribution >= 4 is 0 Å². The Hall–Kier alpha value is -1.46. The molecule has 0 radical (unpaired) electrons. The van der Waals surface area contributed by atoms with Crippen LogP contribution in [0, 0.1) is 0 Å². The zero-order valence-electron chi connectivity index (χ0n) is 11.8. The van der Waals surface area contributed by atoms with Crippen molar-refractivity contribution in [2.24, 2.45) is 0 Å². The molecule has 2 rings (SSSR count). The standard InChI is InChI=1S/C14H22N2O3/c1-17-12-5-4-10(13(18-2)14(12)19-3)8-11-9-15-6-7-16-11/h4-5,11,15-16H,6-9H2,1-3H3. The first kappa shape index (κ1) is 14.0. The third kappa shape index (κ3) is 3.11. The largest absolute Gasteiger partial charge is 0.493 e. The lowest BCUT2D eigenvalue weighted by atomic mass is 10.0. The highest BCUT2D eigenvalue weighted by molar-refractivity contribution is 5.56. The van der Waals surface area contributed by atoms with Gasteiger partial charge in [0, 0.05) is 25.7 Å². The van der Waals surface area contributed by atoms with Crippen LogP contribution in [0.3, 0.4) is 0 Å². The van der Waals surface area contributed by atoms with Gasteiger partial charge in [-0.15, -0.1) is 0 Å². The summed E-state index contributed by atoms with van der Waals surface area (Å²) in [6, 6.07) is 4.38. The topological polar surface area (TPSA) is 51.8 Å². The molecule has 106 valence electrons. The number of rotatable bonds is 5. The molecule has 1 heterocycles. The molecule has 0 bridgehead atoms. The monoisotopic (exact) mass is 266 g/mol. The number of methoxy groups -OCH3 is 3. The number of piperazine rings is 1. The third-order valence-electron chi connectivity index (χ3n) is 3.38. The minimum Gasteiger partial charge on any atom is -0.493 e. The summed E-state index contributed by atoms with van der Waals surface area (Å²) in [5.74, 6) is 2.11. The second-order valence-corrected chi connectivity index (χ2v) is 4.55. The summed E-state index contributed by atoms with van der Waals surface area (Å²) in [4.78, 5) is 0. The van der Waals surface area contributed by atoms with E-state index in [9.17, 15) is 0 Å². The van der Waals surface area contributed by atoms with Crippen LogP contribution in [0.25, 0.3) is 0 Å². The van der Waals surface area contributed by atoms with Crippen molar-refractivity contribution in [1.82, 2.24) is 10.6 Å². The smallest absolute Gasteiger partial charge is 0.203 e. The van der Waals surface area contributed by atoms with E-state index in [0.717, 1.165) is 37.4 Å². The van der Waals surface area contributed by atoms with E-state index in [-0.39, 0.29) is 0 Å². The van der Waals surface area contributed by atoms with E-state index in [2.05, 4.69) is 10.6 Å². The zero-order valence-corrected chi connectivity index (χ0v) is 11.8. The highest BCUT2D eigenvalue weighted by atomic mass is 16.5. The van der Waals surface area contributed by atoms with Gasteiger partial charge in [-0.05, 0) is 18.1 Å². The molecule has 2 N–H and O–H groups in total. The quantitative estimate of drug-likeness (QED) is 0.826. The molecule has 0 amide bonds. The summed E-state index contributed by atoms with van der Waals surface area (Å²) in [5.41, 5.74) is 1.13. The van der Waals surface area contributed by atoms with Crippen molar-refractivity contribution in [3.63, 3.8) is 0 Å². The van der Waals surface area contributed by atoms with Gasteiger partial charge >= 0.3 is 0 Å². The van der Waals surface area contributed by atoms with Crippen LogP contribution in [0.1, 0.15) is 5.56 Å². The van der Waals surface area contributed by atoms with E-state index in [1.165, 1.54) is 0 Å². The fourth-order valence-electron chi connectivity index (χ4n) is 2.45. The Morgan fingerprint density at radius 1 is 1.05 bits per heavy atom. The third-order valence-corrected chi connectivity index (χ3v) is 3.38. The summed E-state index contributed by atoms with van der Waals surface area (Å²) in [7, 11) is 4.92. The summed E-state index contributed by atoms with van der Waals surface area (Å²) in [6.07, 6.45) is 0.899. The Balaban J connectivity index is 2.23. The lowest BCUT2D eigenvalue weighted by Crippen LogP contribution is -2.49. The van der Waals surface area contributed by atoms with Crippen molar-refractivity contribution in [3.05, 3.63) is 17.7 Å². The molecule has 19 heavy (non-hydrogen) atoms. The van der Waals surface area contributed by atoms with Gasteiger partial charge in [-0.3, -0.25) is 0 Å². The van der Waals surface area contributed by atoms with Crippen LogP contribution in [0.5, 0.6) is 17.2 Å². The highest BCUT2D eigenvalue weighted by Crippen LogP contribution is 2.40. The lowest BCUT2D eigenvalue weighted by molar-refractivity contribution is 0.320. The molecule has 0 spiro atoms. The number of benzene rings is 1. The first-order chi connectivity index (χ1) is 9.30. The lowest BCUT2D eigenvalue weighted by Gasteiger charge is -2.25. The molecule has 1 aliphatic rings. The van der Waals surface area contributed by atoms with E-state index >= 15 is 0 Å². The summed E-state index contributed by atoms with van der Waals surface area (Å²) in [6.45, 7) is 3.00. The Labute approximate surface area is 114 Å². The van der Waals surface area contributed by atoms with Crippen LogP contribution in [0.4, 0.5) is 0 Å². The van der Waals surface area contributed by atoms with Crippen molar-refractivity contribution in [3.8, 4) is 17.2 Å². The zero-order chi connectivity index (χ0) is 13.7. The Morgan fingerprint density at radius 2 is 1.84 bits per heavy atom. The molecule has 0 aromatic heterocycles. The number of hydrogen-bond acceptors (Lipinski definition) is 5. The molecule has 5 nitrogen and oxygen atoms in total. The molecule has 1 aliphatic heterocycles. The SMILES string of the molecule is COc1ccc(CC2CNCCN2)c(OC)c1OC. The molecule has 1 atom stereocenters. The minimum absolute atomic E-state index is 0.417. The molecule has 1 aromatic rings. The van der Waals surface area contributed by atoms with Crippen LogP contribution in [0.2, 0.25) is 0 Å². The van der Waals surface area contributed by atoms with E-state index in [1.807, 2.05) is 12.1 Å². The molecule has 1 aromatic carbocycles.